The van der Waals surface area contributed by atoms with Crippen LogP contribution in [0.1, 0.15) is 65.7 Å². The van der Waals surface area contributed by atoms with Crippen LogP contribution in [0.2, 0.25) is 6.32 Å². The van der Waals surface area contributed by atoms with Gasteiger partial charge in [-0.1, -0.05) is 46.5 Å². The summed E-state index contributed by atoms with van der Waals surface area (Å²) in [5.74, 6) is 0.0438. The first kappa shape index (κ1) is 18.5. The molecule has 0 aliphatic heterocycles. The molecule has 0 aromatic heterocycles. The number of nitrogens with zero attached hydrogens (tertiary/aromatic N) is 1. The molecule has 1 unspecified atom stereocenters. The van der Waals surface area contributed by atoms with E-state index in [0.29, 0.717) is 6.32 Å². The summed E-state index contributed by atoms with van der Waals surface area (Å²) < 4.78 is 11.6. The molecule has 0 saturated heterocycles. The Morgan fingerprint density at radius 1 is 0.947 bits per heavy atom. The fraction of sp³-hybridized carbons (Fsp3) is 0.933. The minimum Gasteiger partial charge on any atom is -0.411 e. The average Bonchev–Trinajstić information content (AvgIpc) is 2.44. The van der Waals surface area contributed by atoms with Crippen molar-refractivity contribution in [3.63, 3.8) is 0 Å². The van der Waals surface area contributed by atoms with E-state index in [1.807, 2.05) is 6.92 Å². The van der Waals surface area contributed by atoms with Gasteiger partial charge in [0.1, 0.15) is 0 Å². The van der Waals surface area contributed by atoms with Gasteiger partial charge in [-0.3, -0.25) is 0 Å². The Bertz CT molecular complexity index is 219. The molecular formula is C15H30BNO2. The largest absolute Gasteiger partial charge is 0.458 e. The Kier molecular flexibility index (Phi) is 13.5. The molecule has 0 heterocycles. The molecule has 0 radical (unpaired) electrons. The molecule has 0 bridgehead atoms. The molecule has 1 atom stereocenters. The summed E-state index contributed by atoms with van der Waals surface area (Å²) in [6, 6.07) is 2.33. The van der Waals surface area contributed by atoms with Crippen molar-refractivity contribution < 1.29 is 9.31 Å². The van der Waals surface area contributed by atoms with E-state index in [-0.39, 0.29) is 13.0 Å². The summed E-state index contributed by atoms with van der Waals surface area (Å²) in [7, 11) is -0.196. The third-order valence-electron chi connectivity index (χ3n) is 3.26. The molecule has 0 saturated carbocycles. The van der Waals surface area contributed by atoms with Gasteiger partial charge in [0, 0.05) is 19.1 Å². The smallest absolute Gasteiger partial charge is 0.411 e. The van der Waals surface area contributed by atoms with E-state index in [0.717, 1.165) is 32.5 Å². The molecule has 4 heteroatoms. The summed E-state index contributed by atoms with van der Waals surface area (Å²) in [6.45, 7) is 7.89. The molecule has 0 N–H and O–H groups in total. The van der Waals surface area contributed by atoms with Crippen molar-refractivity contribution in [2.75, 3.05) is 13.2 Å². The molecule has 3 nitrogen and oxygen atoms in total. The predicted molar refractivity (Wildman–Crippen MR) is 80.9 cm³/mol. The number of unbranched alkanes of at least 4 members (excludes halogenated alkanes) is 4. The highest BCUT2D eigenvalue weighted by molar-refractivity contribution is 6.44. The van der Waals surface area contributed by atoms with Crippen LogP contribution in [-0.4, -0.2) is 20.3 Å². The van der Waals surface area contributed by atoms with Crippen LogP contribution < -0.4 is 0 Å². The van der Waals surface area contributed by atoms with Crippen molar-refractivity contribution >= 4 is 7.12 Å². The lowest BCUT2D eigenvalue weighted by Crippen LogP contribution is -2.26. The molecule has 0 fully saturated rings. The van der Waals surface area contributed by atoms with E-state index in [4.69, 9.17) is 14.6 Å². The van der Waals surface area contributed by atoms with Gasteiger partial charge in [-0.25, -0.2) is 0 Å². The first-order valence-corrected chi connectivity index (χ1v) is 7.91. The topological polar surface area (TPSA) is 42.2 Å². The molecular weight excluding hydrogens is 237 g/mol. The summed E-state index contributed by atoms with van der Waals surface area (Å²) >= 11 is 0. The van der Waals surface area contributed by atoms with Crippen LogP contribution in [0.25, 0.3) is 0 Å². The Hall–Kier alpha value is -0.525. The average molecular weight is 267 g/mol. The Labute approximate surface area is 119 Å². The van der Waals surface area contributed by atoms with Gasteiger partial charge in [0.15, 0.2) is 0 Å². The molecule has 0 amide bonds. The lowest BCUT2D eigenvalue weighted by Gasteiger charge is -2.16. The van der Waals surface area contributed by atoms with Crippen molar-refractivity contribution in [3.8, 4) is 6.07 Å². The number of nitriles is 1. The van der Waals surface area contributed by atoms with Crippen LogP contribution in [-0.2, 0) is 9.31 Å². The van der Waals surface area contributed by atoms with Crippen molar-refractivity contribution in [2.45, 2.75) is 72.0 Å². The monoisotopic (exact) mass is 267 g/mol. The van der Waals surface area contributed by atoms with Gasteiger partial charge in [-0.15, -0.1) is 0 Å². The second-order valence-electron chi connectivity index (χ2n) is 5.06. The predicted octanol–water partition coefficient (Wildman–Crippen LogP) is 4.44. The molecule has 0 rings (SSSR count). The highest BCUT2D eigenvalue weighted by Gasteiger charge is 2.22. The molecule has 0 spiro atoms. The van der Waals surface area contributed by atoms with Gasteiger partial charge in [0.05, 0.1) is 6.07 Å². The summed E-state index contributed by atoms with van der Waals surface area (Å²) in [5.41, 5.74) is 0. The molecule has 0 aromatic rings. The Balaban J connectivity index is 3.95. The van der Waals surface area contributed by atoms with Crippen LogP contribution in [0, 0.1) is 17.2 Å². The second kappa shape index (κ2) is 13.9. The lowest BCUT2D eigenvalue weighted by molar-refractivity contribution is 0.187. The summed E-state index contributed by atoms with van der Waals surface area (Å²) in [4.78, 5) is 0. The maximum absolute atomic E-state index is 9.03. The standard InChI is InChI=1S/C15H30BNO2/c1-4-7-9-11-18-16(13-15(6-3)14-17)19-12-10-8-5-2/h15H,4-13H2,1-3H3. The van der Waals surface area contributed by atoms with Crippen LogP contribution in [0.15, 0.2) is 0 Å². The molecule has 0 aromatic carbocycles. The van der Waals surface area contributed by atoms with E-state index in [9.17, 15) is 0 Å². The fourth-order valence-corrected chi connectivity index (χ4v) is 1.86. The van der Waals surface area contributed by atoms with Crippen molar-refractivity contribution in [1.82, 2.24) is 0 Å². The molecule has 19 heavy (non-hydrogen) atoms. The van der Waals surface area contributed by atoms with Crippen molar-refractivity contribution in [3.05, 3.63) is 0 Å². The SMILES string of the molecule is CCCCCOB(CC(C#N)CC)OCCCCC. The van der Waals surface area contributed by atoms with E-state index >= 15 is 0 Å². The van der Waals surface area contributed by atoms with Crippen LogP contribution in [0.4, 0.5) is 0 Å². The van der Waals surface area contributed by atoms with Crippen molar-refractivity contribution in [2.24, 2.45) is 5.92 Å². The highest BCUT2D eigenvalue weighted by atomic mass is 16.6. The van der Waals surface area contributed by atoms with Crippen LogP contribution >= 0.6 is 0 Å². The number of hydrogen-bond acceptors (Lipinski definition) is 3. The van der Waals surface area contributed by atoms with Crippen molar-refractivity contribution in [1.29, 1.82) is 5.26 Å². The minimum atomic E-state index is -0.196. The zero-order chi connectivity index (χ0) is 14.3. The molecule has 0 aliphatic rings. The van der Waals surface area contributed by atoms with Gasteiger partial charge < -0.3 is 9.31 Å². The van der Waals surface area contributed by atoms with E-state index < -0.39 is 0 Å². The van der Waals surface area contributed by atoms with E-state index in [1.165, 1.54) is 25.7 Å². The van der Waals surface area contributed by atoms with Gasteiger partial charge in [-0.2, -0.15) is 5.26 Å². The fourth-order valence-electron chi connectivity index (χ4n) is 1.86. The number of hydrogen-bond donors (Lipinski definition) is 0. The first-order chi connectivity index (χ1) is 9.28. The third kappa shape index (κ3) is 11.0. The maximum atomic E-state index is 9.03. The normalized spacial score (nSPS) is 12.1. The zero-order valence-corrected chi connectivity index (χ0v) is 13.0. The van der Waals surface area contributed by atoms with Gasteiger partial charge in [0.2, 0.25) is 0 Å². The van der Waals surface area contributed by atoms with Crippen LogP contribution in [0.3, 0.4) is 0 Å². The summed E-state index contributed by atoms with van der Waals surface area (Å²) in [5, 5.41) is 9.03. The highest BCUT2D eigenvalue weighted by Crippen LogP contribution is 2.13. The molecule has 0 aliphatic carbocycles. The van der Waals surface area contributed by atoms with E-state index in [1.54, 1.807) is 0 Å². The van der Waals surface area contributed by atoms with Crippen LogP contribution in [0.5, 0.6) is 0 Å². The quantitative estimate of drug-likeness (QED) is 0.366. The van der Waals surface area contributed by atoms with Gasteiger partial charge >= 0.3 is 7.12 Å². The van der Waals surface area contributed by atoms with E-state index in [2.05, 4.69) is 19.9 Å². The second-order valence-corrected chi connectivity index (χ2v) is 5.06. The Morgan fingerprint density at radius 2 is 1.47 bits per heavy atom. The molecule has 110 valence electrons. The minimum absolute atomic E-state index is 0.0438. The lowest BCUT2D eigenvalue weighted by atomic mass is 9.76. The third-order valence-corrected chi connectivity index (χ3v) is 3.26. The summed E-state index contributed by atoms with van der Waals surface area (Å²) in [6.07, 6.45) is 8.50. The van der Waals surface area contributed by atoms with Gasteiger partial charge in [0.25, 0.3) is 0 Å². The maximum Gasteiger partial charge on any atom is 0.458 e. The number of rotatable bonds is 13. The Morgan fingerprint density at radius 3 is 1.84 bits per heavy atom. The van der Waals surface area contributed by atoms with Gasteiger partial charge in [-0.05, 0) is 25.6 Å². The first-order valence-electron chi connectivity index (χ1n) is 7.91. The zero-order valence-electron chi connectivity index (χ0n) is 13.0.